The number of nitrogens with zero attached hydrogens (tertiary/aromatic N) is 2. The van der Waals surface area contributed by atoms with Crippen LogP contribution in [0.15, 0.2) is 77.9 Å². The van der Waals surface area contributed by atoms with E-state index in [-0.39, 0.29) is 42.2 Å². The van der Waals surface area contributed by atoms with Gasteiger partial charge >= 0.3 is 0 Å². The molecular weight excluding hydrogens is 738 g/mol. The van der Waals surface area contributed by atoms with Crippen LogP contribution < -0.4 is 26.2 Å². The summed E-state index contributed by atoms with van der Waals surface area (Å²) in [6, 6.07) is 14.2. The summed E-state index contributed by atoms with van der Waals surface area (Å²) in [5, 5.41) is 8.87. The van der Waals surface area contributed by atoms with Gasteiger partial charge < -0.3 is 24.9 Å². The first-order valence-electron chi connectivity index (χ1n) is 18.7. The average Bonchev–Trinajstić information content (AvgIpc) is 3.78. The predicted octanol–water partition coefficient (Wildman–Crippen LogP) is 7.03. The molecule has 15 heteroatoms. The minimum Gasteiger partial charge on any atom is -0.454 e. The zero-order valence-corrected chi connectivity index (χ0v) is 31.5. The second-order valence-electron chi connectivity index (χ2n) is 13.9. The van der Waals surface area contributed by atoms with Gasteiger partial charge in [-0.25, -0.2) is 8.78 Å². The largest absolute Gasteiger partial charge is 0.454 e. The SMILES string of the molecule is CC(CCC(=O)NC=O)N1C(=O)c2cccc(NCCCCCCCC(=O)Nc3ccc(Oc4ccc(F)cc4F)c(-c4cn(C)c(=O)c5[nH]ccc45)c3)c2C1=O. The molecule has 296 valence electrons. The second-order valence-corrected chi connectivity index (χ2v) is 13.9. The van der Waals surface area contributed by atoms with Crippen LogP contribution in [-0.4, -0.2) is 57.1 Å². The number of amides is 5. The number of imide groups is 2. The number of carbonyl (C=O) groups excluding carboxylic acids is 5. The lowest BCUT2D eigenvalue weighted by molar-refractivity contribution is -0.125. The van der Waals surface area contributed by atoms with Gasteiger partial charge in [0, 0.05) is 78.8 Å². The number of pyridine rings is 1. The highest BCUT2D eigenvalue weighted by Gasteiger charge is 2.40. The van der Waals surface area contributed by atoms with E-state index in [1.54, 1.807) is 68.8 Å². The van der Waals surface area contributed by atoms with Crippen LogP contribution in [0.2, 0.25) is 0 Å². The van der Waals surface area contributed by atoms with Crippen molar-refractivity contribution in [3.63, 3.8) is 0 Å². The number of aromatic nitrogens is 2. The van der Waals surface area contributed by atoms with E-state index in [9.17, 15) is 37.5 Å². The van der Waals surface area contributed by atoms with Crippen LogP contribution in [0, 0.1) is 11.6 Å². The molecule has 6 rings (SSSR count). The molecule has 5 aromatic rings. The molecule has 0 saturated heterocycles. The first-order valence-corrected chi connectivity index (χ1v) is 18.7. The fraction of sp³-hybridized carbons (Fsp3) is 0.286. The van der Waals surface area contributed by atoms with Crippen molar-refractivity contribution in [2.45, 2.75) is 64.3 Å². The first-order chi connectivity index (χ1) is 27.5. The Kier molecular flexibility index (Phi) is 12.6. The highest BCUT2D eigenvalue weighted by molar-refractivity contribution is 6.24. The summed E-state index contributed by atoms with van der Waals surface area (Å²) >= 11 is 0. The third-order valence-corrected chi connectivity index (χ3v) is 9.85. The number of hydrogen-bond donors (Lipinski definition) is 4. The Morgan fingerprint density at radius 1 is 0.860 bits per heavy atom. The lowest BCUT2D eigenvalue weighted by Crippen LogP contribution is -2.38. The number of nitrogens with one attached hydrogen (secondary N) is 4. The van der Waals surface area contributed by atoms with Crippen LogP contribution in [-0.2, 0) is 21.4 Å². The van der Waals surface area contributed by atoms with Crippen molar-refractivity contribution >= 4 is 52.3 Å². The quantitative estimate of drug-likeness (QED) is 0.0417. The fourth-order valence-corrected chi connectivity index (χ4v) is 6.91. The fourth-order valence-electron chi connectivity index (χ4n) is 6.91. The number of aryl methyl sites for hydroxylation is 1. The van der Waals surface area contributed by atoms with Crippen molar-refractivity contribution in [3.05, 3.63) is 106 Å². The lowest BCUT2D eigenvalue weighted by atomic mass is 10.0. The molecule has 57 heavy (non-hydrogen) atoms. The molecule has 1 aliphatic heterocycles. The summed E-state index contributed by atoms with van der Waals surface area (Å²) in [6.45, 7) is 2.26. The van der Waals surface area contributed by atoms with Gasteiger partial charge in [-0.3, -0.25) is 39.0 Å². The Labute approximate surface area is 326 Å². The zero-order valence-electron chi connectivity index (χ0n) is 31.5. The summed E-state index contributed by atoms with van der Waals surface area (Å²) in [4.78, 5) is 78.4. The Bertz CT molecular complexity index is 2410. The van der Waals surface area contributed by atoms with Crippen molar-refractivity contribution < 1.29 is 37.5 Å². The van der Waals surface area contributed by atoms with Crippen LogP contribution >= 0.6 is 0 Å². The Morgan fingerprint density at radius 2 is 1.63 bits per heavy atom. The van der Waals surface area contributed by atoms with E-state index in [1.165, 1.54) is 10.6 Å². The normalized spacial score (nSPS) is 12.7. The number of carbonyl (C=O) groups is 5. The van der Waals surface area contributed by atoms with E-state index in [1.807, 2.05) is 0 Å². The summed E-state index contributed by atoms with van der Waals surface area (Å²) in [6.07, 6.45) is 8.06. The van der Waals surface area contributed by atoms with Crippen molar-refractivity contribution in [1.29, 1.82) is 0 Å². The van der Waals surface area contributed by atoms with Crippen molar-refractivity contribution in [3.8, 4) is 22.6 Å². The minimum atomic E-state index is -0.882. The molecule has 0 fully saturated rings. The maximum Gasteiger partial charge on any atom is 0.274 e. The van der Waals surface area contributed by atoms with Gasteiger partial charge in [-0.05, 0) is 74.7 Å². The molecule has 1 aliphatic rings. The van der Waals surface area contributed by atoms with E-state index in [2.05, 4.69) is 20.9 Å². The summed E-state index contributed by atoms with van der Waals surface area (Å²) < 4.78 is 35.5. The topological polar surface area (TPSA) is 172 Å². The number of ether oxygens (including phenoxy) is 1. The maximum atomic E-state index is 14.6. The number of hydrogen-bond acceptors (Lipinski definition) is 8. The average molecular weight is 781 g/mol. The van der Waals surface area contributed by atoms with Crippen LogP contribution in [0.5, 0.6) is 11.5 Å². The van der Waals surface area contributed by atoms with Crippen molar-refractivity contribution in [2.75, 3.05) is 17.2 Å². The summed E-state index contributed by atoms with van der Waals surface area (Å²) in [5.74, 6) is -3.10. The number of H-pyrrole nitrogens is 1. The standard InChI is InChI=1S/C42H42F2N6O7/c1-25(12-17-36(52)47-24-51)50-40(54)29-9-8-10-33(38(29)41(50)55)45-19-7-5-3-4-6-11-37(53)48-27-14-16-34(57-35-15-13-26(43)21-32(35)44)30(22-27)31-23-49(2)42(56)39-28(31)18-20-46-39/h8-10,13-16,18,20-25,45-46H,3-7,11-12,17,19H2,1-2H3,(H,48,53)(H,47,51,52). The summed E-state index contributed by atoms with van der Waals surface area (Å²) in [5.41, 5.74) is 2.85. The maximum absolute atomic E-state index is 14.6. The highest BCUT2D eigenvalue weighted by Crippen LogP contribution is 2.39. The molecule has 4 N–H and O–H groups in total. The zero-order chi connectivity index (χ0) is 40.6. The summed E-state index contributed by atoms with van der Waals surface area (Å²) in [7, 11) is 1.61. The van der Waals surface area contributed by atoms with Gasteiger partial charge in [0.2, 0.25) is 18.2 Å². The molecular formula is C42H42F2N6O7. The molecule has 0 saturated carbocycles. The first kappa shape index (κ1) is 40.0. The molecule has 3 aromatic carbocycles. The molecule has 13 nitrogen and oxygen atoms in total. The van der Waals surface area contributed by atoms with Crippen LogP contribution in [0.3, 0.4) is 0 Å². The molecule has 0 aliphatic carbocycles. The van der Waals surface area contributed by atoms with Crippen LogP contribution in [0.25, 0.3) is 22.0 Å². The molecule has 0 radical (unpaired) electrons. The lowest BCUT2D eigenvalue weighted by Gasteiger charge is -2.22. The second kappa shape index (κ2) is 17.9. The van der Waals surface area contributed by atoms with Crippen LogP contribution in [0.1, 0.15) is 79.0 Å². The van der Waals surface area contributed by atoms with Crippen molar-refractivity contribution in [1.82, 2.24) is 19.8 Å². The Morgan fingerprint density at radius 3 is 2.42 bits per heavy atom. The third-order valence-electron chi connectivity index (χ3n) is 9.85. The molecule has 0 bridgehead atoms. The highest BCUT2D eigenvalue weighted by atomic mass is 19.1. The predicted molar refractivity (Wildman–Crippen MR) is 210 cm³/mol. The van der Waals surface area contributed by atoms with Gasteiger partial charge in [0.15, 0.2) is 11.6 Å². The number of halogens is 2. The van der Waals surface area contributed by atoms with Gasteiger partial charge in [0.05, 0.1) is 11.1 Å². The minimum absolute atomic E-state index is 0.00389. The smallest absolute Gasteiger partial charge is 0.274 e. The Hall–Kier alpha value is -6.64. The number of anilines is 2. The number of rotatable bonds is 18. The van der Waals surface area contributed by atoms with E-state index < -0.39 is 35.4 Å². The van der Waals surface area contributed by atoms with E-state index in [0.717, 1.165) is 42.7 Å². The molecule has 5 amide bonds. The number of benzene rings is 3. The van der Waals surface area contributed by atoms with Crippen LogP contribution in [0.4, 0.5) is 20.2 Å². The van der Waals surface area contributed by atoms with E-state index >= 15 is 0 Å². The molecule has 1 unspecified atom stereocenters. The molecule has 1 atom stereocenters. The number of unbranched alkanes of at least 4 members (excludes halogenated alkanes) is 4. The Balaban J connectivity index is 0.998. The van der Waals surface area contributed by atoms with Gasteiger partial charge in [0.25, 0.3) is 17.4 Å². The van der Waals surface area contributed by atoms with Gasteiger partial charge in [0.1, 0.15) is 17.1 Å². The third kappa shape index (κ3) is 9.09. The van der Waals surface area contributed by atoms with E-state index in [0.29, 0.717) is 63.9 Å². The number of fused-ring (bicyclic) bond motifs is 2. The van der Waals surface area contributed by atoms with Gasteiger partial charge in [-0.2, -0.15) is 0 Å². The van der Waals surface area contributed by atoms with E-state index in [4.69, 9.17) is 4.74 Å². The molecule has 3 heterocycles. The van der Waals surface area contributed by atoms with Crippen molar-refractivity contribution in [2.24, 2.45) is 7.05 Å². The molecule has 2 aromatic heterocycles. The number of aromatic amines is 1. The monoisotopic (exact) mass is 780 g/mol. The molecule has 0 spiro atoms. The van der Waals surface area contributed by atoms with Gasteiger partial charge in [-0.1, -0.05) is 25.3 Å². The van der Waals surface area contributed by atoms with Gasteiger partial charge in [-0.15, -0.1) is 0 Å².